The Morgan fingerprint density at radius 3 is 2.63 bits per heavy atom. The lowest BCUT2D eigenvalue weighted by molar-refractivity contribution is -0.132. The van der Waals surface area contributed by atoms with Crippen LogP contribution < -0.4 is 5.32 Å². The molecule has 1 amide bonds. The molecule has 0 bridgehead atoms. The summed E-state index contributed by atoms with van der Waals surface area (Å²) in [6.45, 7) is 1.83. The van der Waals surface area contributed by atoms with Crippen molar-refractivity contribution < 1.29 is 15.0 Å². The van der Waals surface area contributed by atoms with Crippen molar-refractivity contribution in [2.24, 2.45) is 0 Å². The maximum absolute atomic E-state index is 12.5. The molecule has 19 heavy (non-hydrogen) atoms. The number of hydrogen-bond acceptors (Lipinski definition) is 4. The first-order valence-electron chi connectivity index (χ1n) is 6.60. The van der Waals surface area contributed by atoms with Crippen LogP contribution in [-0.2, 0) is 11.3 Å². The van der Waals surface area contributed by atoms with Crippen LogP contribution in [-0.4, -0.2) is 52.9 Å². The number of aliphatic hydroxyl groups excluding tert-OH is 2. The number of carbonyl (C=O) groups is 1. The Bertz CT molecular complexity index is 481. The summed E-state index contributed by atoms with van der Waals surface area (Å²) < 4.78 is 0. The van der Waals surface area contributed by atoms with Gasteiger partial charge in [0.2, 0.25) is 5.91 Å². The second kappa shape index (κ2) is 4.92. The van der Waals surface area contributed by atoms with Crippen molar-refractivity contribution >= 4 is 5.91 Å². The molecule has 2 aliphatic heterocycles. The normalized spacial score (nSPS) is 30.2. The van der Waals surface area contributed by atoms with Crippen LogP contribution in [0.3, 0.4) is 0 Å². The molecule has 1 aromatic carbocycles. The zero-order valence-corrected chi connectivity index (χ0v) is 10.6. The summed E-state index contributed by atoms with van der Waals surface area (Å²) >= 11 is 0. The van der Waals surface area contributed by atoms with Crippen molar-refractivity contribution in [2.75, 3.05) is 19.6 Å². The Morgan fingerprint density at radius 2 is 1.89 bits per heavy atom. The van der Waals surface area contributed by atoms with E-state index in [2.05, 4.69) is 5.32 Å². The molecule has 5 heteroatoms. The van der Waals surface area contributed by atoms with E-state index in [1.165, 1.54) is 0 Å². The van der Waals surface area contributed by atoms with Gasteiger partial charge < -0.3 is 20.4 Å². The molecule has 0 spiro atoms. The minimum Gasteiger partial charge on any atom is -0.388 e. The zero-order chi connectivity index (χ0) is 13.4. The number of aliphatic hydroxyl groups is 2. The summed E-state index contributed by atoms with van der Waals surface area (Å²) in [6, 6.07) is 7.92. The number of nitrogens with one attached hydrogen (secondary N) is 1. The van der Waals surface area contributed by atoms with Crippen molar-refractivity contribution in [3.63, 3.8) is 0 Å². The first-order valence-corrected chi connectivity index (χ1v) is 6.60. The highest BCUT2D eigenvalue weighted by Crippen LogP contribution is 2.27. The number of carbonyl (C=O) groups excluding carboxylic acids is 1. The Hall–Kier alpha value is -1.43. The van der Waals surface area contributed by atoms with Crippen LogP contribution in [0.4, 0.5) is 0 Å². The Balaban J connectivity index is 1.82. The fraction of sp³-hybridized carbons (Fsp3) is 0.500. The van der Waals surface area contributed by atoms with Crippen molar-refractivity contribution in [3.8, 4) is 0 Å². The average molecular weight is 262 g/mol. The van der Waals surface area contributed by atoms with Gasteiger partial charge in [0.05, 0.1) is 18.1 Å². The van der Waals surface area contributed by atoms with Crippen molar-refractivity contribution in [1.82, 2.24) is 10.2 Å². The third kappa shape index (κ3) is 2.25. The largest absolute Gasteiger partial charge is 0.388 e. The summed E-state index contributed by atoms with van der Waals surface area (Å²) in [5.74, 6) is -0.238. The molecule has 1 saturated heterocycles. The van der Waals surface area contributed by atoms with E-state index in [1.807, 2.05) is 24.3 Å². The molecule has 2 heterocycles. The Morgan fingerprint density at radius 1 is 1.21 bits per heavy atom. The summed E-state index contributed by atoms with van der Waals surface area (Å²) in [7, 11) is 0. The number of hydrogen-bond donors (Lipinski definition) is 3. The lowest BCUT2D eigenvalue weighted by Gasteiger charge is -2.29. The molecule has 102 valence electrons. The molecule has 1 aromatic rings. The van der Waals surface area contributed by atoms with Gasteiger partial charge in [-0.1, -0.05) is 24.3 Å². The van der Waals surface area contributed by atoms with Crippen LogP contribution in [0.1, 0.15) is 17.0 Å². The molecule has 2 aliphatic rings. The highest BCUT2D eigenvalue weighted by Gasteiger charge is 2.37. The van der Waals surface area contributed by atoms with Crippen LogP contribution in [0.5, 0.6) is 0 Å². The lowest BCUT2D eigenvalue weighted by atomic mass is 9.90. The highest BCUT2D eigenvalue weighted by atomic mass is 16.3. The smallest absolute Gasteiger partial charge is 0.231 e. The van der Waals surface area contributed by atoms with Gasteiger partial charge in [-0.25, -0.2) is 0 Å². The Kier molecular flexibility index (Phi) is 3.26. The fourth-order valence-electron chi connectivity index (χ4n) is 2.89. The first kappa shape index (κ1) is 12.6. The first-order chi connectivity index (χ1) is 9.16. The molecule has 1 fully saturated rings. The second-order valence-corrected chi connectivity index (χ2v) is 5.26. The number of fused-ring (bicyclic) bond motifs is 1. The number of amides is 1. The van der Waals surface area contributed by atoms with E-state index in [9.17, 15) is 15.0 Å². The number of β-amino-alcohol motifs (C(OH)–C–C–N with tert-alkyl or cyclic N) is 2. The van der Waals surface area contributed by atoms with E-state index in [1.54, 1.807) is 4.90 Å². The van der Waals surface area contributed by atoms with Crippen LogP contribution in [0, 0.1) is 0 Å². The molecular formula is C14H18N2O3. The molecule has 5 nitrogen and oxygen atoms in total. The summed E-state index contributed by atoms with van der Waals surface area (Å²) in [4.78, 5) is 14.1. The van der Waals surface area contributed by atoms with Crippen LogP contribution >= 0.6 is 0 Å². The summed E-state index contributed by atoms with van der Waals surface area (Å²) in [6.07, 6.45) is -1.65. The maximum Gasteiger partial charge on any atom is 0.231 e. The number of rotatable bonds is 1. The van der Waals surface area contributed by atoms with Crippen molar-refractivity contribution in [1.29, 1.82) is 0 Å². The van der Waals surface area contributed by atoms with E-state index in [4.69, 9.17) is 0 Å². The summed E-state index contributed by atoms with van der Waals surface area (Å²) in [5, 5.41) is 22.3. The van der Waals surface area contributed by atoms with Crippen LogP contribution in [0.2, 0.25) is 0 Å². The van der Waals surface area contributed by atoms with Gasteiger partial charge >= 0.3 is 0 Å². The van der Waals surface area contributed by atoms with E-state index in [0.29, 0.717) is 6.54 Å². The van der Waals surface area contributed by atoms with Gasteiger partial charge in [0.25, 0.3) is 0 Å². The second-order valence-electron chi connectivity index (χ2n) is 5.26. The molecule has 3 N–H and O–H groups in total. The van der Waals surface area contributed by atoms with Gasteiger partial charge in [-0.2, -0.15) is 0 Å². The van der Waals surface area contributed by atoms with Gasteiger partial charge in [-0.05, 0) is 11.1 Å². The number of likely N-dealkylation sites (tertiary alicyclic amines) is 1. The fourth-order valence-corrected chi connectivity index (χ4v) is 2.89. The van der Waals surface area contributed by atoms with Gasteiger partial charge in [-0.15, -0.1) is 0 Å². The Labute approximate surface area is 111 Å². The molecule has 3 atom stereocenters. The molecular weight excluding hydrogens is 244 g/mol. The SMILES string of the molecule is O=C(C1CNCc2ccccc21)N1CC(O)C(O)C1. The van der Waals surface area contributed by atoms with Gasteiger partial charge in [0.15, 0.2) is 0 Å². The molecule has 0 aliphatic carbocycles. The molecule has 0 saturated carbocycles. The quantitative estimate of drug-likeness (QED) is 0.634. The van der Waals surface area contributed by atoms with Gasteiger partial charge in [-0.3, -0.25) is 4.79 Å². The standard InChI is InChI=1S/C14H18N2O3/c17-12-7-16(8-13(12)18)14(19)11-6-15-5-9-3-1-2-4-10(9)11/h1-4,11-13,15,17-18H,5-8H2. The maximum atomic E-state index is 12.5. The average Bonchev–Trinajstić information content (AvgIpc) is 2.77. The summed E-state index contributed by atoms with van der Waals surface area (Å²) in [5.41, 5.74) is 2.20. The van der Waals surface area contributed by atoms with Gasteiger partial charge in [0, 0.05) is 26.2 Å². The topological polar surface area (TPSA) is 72.8 Å². The minimum atomic E-state index is -0.823. The van der Waals surface area contributed by atoms with Crippen molar-refractivity contribution in [3.05, 3.63) is 35.4 Å². The molecule has 3 rings (SSSR count). The van der Waals surface area contributed by atoms with Gasteiger partial charge in [0.1, 0.15) is 0 Å². The zero-order valence-electron chi connectivity index (χ0n) is 10.6. The van der Waals surface area contributed by atoms with E-state index in [-0.39, 0.29) is 24.9 Å². The molecule has 0 aromatic heterocycles. The minimum absolute atomic E-state index is 0.0183. The van der Waals surface area contributed by atoms with E-state index in [0.717, 1.165) is 17.7 Å². The monoisotopic (exact) mass is 262 g/mol. The predicted molar refractivity (Wildman–Crippen MR) is 69.5 cm³/mol. The van der Waals surface area contributed by atoms with Crippen molar-refractivity contribution in [2.45, 2.75) is 24.7 Å². The highest BCUT2D eigenvalue weighted by molar-refractivity contribution is 5.85. The third-order valence-electron chi connectivity index (χ3n) is 3.96. The molecule has 0 radical (unpaired) electrons. The third-order valence-corrected chi connectivity index (χ3v) is 3.96. The van der Waals surface area contributed by atoms with Crippen LogP contribution in [0.25, 0.3) is 0 Å². The predicted octanol–water partition coefficient (Wildman–Crippen LogP) is -0.563. The lowest BCUT2D eigenvalue weighted by Crippen LogP contribution is -2.41. The molecule has 3 unspecified atom stereocenters. The number of benzene rings is 1. The van der Waals surface area contributed by atoms with E-state index >= 15 is 0 Å². The number of nitrogens with zero attached hydrogens (tertiary/aromatic N) is 1. The van der Waals surface area contributed by atoms with E-state index < -0.39 is 12.2 Å². The van der Waals surface area contributed by atoms with Crippen LogP contribution in [0.15, 0.2) is 24.3 Å².